The van der Waals surface area contributed by atoms with E-state index in [2.05, 4.69) is 5.32 Å². The monoisotopic (exact) mass is 289 g/mol. The van der Waals surface area contributed by atoms with E-state index in [0.717, 1.165) is 31.6 Å². The number of nitro groups is 1. The van der Waals surface area contributed by atoms with Crippen molar-refractivity contribution in [3.05, 3.63) is 39.9 Å². The van der Waals surface area contributed by atoms with Gasteiger partial charge in [-0.2, -0.15) is 0 Å². The minimum Gasteiger partial charge on any atom is -0.338 e. The summed E-state index contributed by atoms with van der Waals surface area (Å²) in [5.41, 5.74) is 0.892. The highest BCUT2D eigenvalue weighted by atomic mass is 16.6. The molecule has 6 nitrogen and oxygen atoms in total. The number of hydrogen-bond donors (Lipinski definition) is 1. The SMILES string of the molecule is O=C(Cc1ccc([N+](=O)[O-])cc1)N1CCCC2CNCC21. The van der Waals surface area contributed by atoms with Crippen LogP contribution >= 0.6 is 0 Å². The number of likely N-dealkylation sites (tertiary alicyclic amines) is 1. The maximum atomic E-state index is 12.5. The normalized spacial score (nSPS) is 24.7. The van der Waals surface area contributed by atoms with Gasteiger partial charge >= 0.3 is 0 Å². The third kappa shape index (κ3) is 2.90. The van der Waals surface area contributed by atoms with E-state index in [4.69, 9.17) is 0 Å². The molecule has 2 aliphatic heterocycles. The summed E-state index contributed by atoms with van der Waals surface area (Å²) in [4.78, 5) is 24.7. The van der Waals surface area contributed by atoms with Crippen molar-refractivity contribution in [1.82, 2.24) is 10.2 Å². The molecule has 0 aromatic heterocycles. The maximum absolute atomic E-state index is 12.5. The Labute approximate surface area is 123 Å². The Kier molecular flexibility index (Phi) is 3.88. The average Bonchev–Trinajstić information content (AvgIpc) is 2.96. The van der Waals surface area contributed by atoms with Crippen molar-refractivity contribution in [2.24, 2.45) is 5.92 Å². The molecule has 1 aromatic rings. The Balaban J connectivity index is 1.66. The van der Waals surface area contributed by atoms with Gasteiger partial charge in [-0.05, 0) is 24.3 Å². The van der Waals surface area contributed by atoms with E-state index in [1.807, 2.05) is 4.90 Å². The van der Waals surface area contributed by atoms with E-state index in [1.54, 1.807) is 12.1 Å². The molecule has 0 saturated carbocycles. The fourth-order valence-corrected chi connectivity index (χ4v) is 3.39. The number of nitro benzene ring substituents is 1. The lowest BCUT2D eigenvalue weighted by molar-refractivity contribution is -0.384. The van der Waals surface area contributed by atoms with Crippen LogP contribution in [0.2, 0.25) is 0 Å². The van der Waals surface area contributed by atoms with Crippen LogP contribution in [0, 0.1) is 16.0 Å². The highest BCUT2D eigenvalue weighted by Gasteiger charge is 2.37. The van der Waals surface area contributed by atoms with Crippen LogP contribution in [0.1, 0.15) is 18.4 Å². The predicted molar refractivity (Wildman–Crippen MR) is 77.9 cm³/mol. The fraction of sp³-hybridized carbons (Fsp3) is 0.533. The molecule has 2 heterocycles. The van der Waals surface area contributed by atoms with E-state index in [-0.39, 0.29) is 11.6 Å². The molecule has 1 aromatic carbocycles. The molecule has 0 radical (unpaired) electrons. The van der Waals surface area contributed by atoms with Gasteiger partial charge in [0.1, 0.15) is 0 Å². The molecule has 2 saturated heterocycles. The molecular weight excluding hydrogens is 270 g/mol. The molecular formula is C15H19N3O3. The van der Waals surface area contributed by atoms with Crippen LogP contribution in [0.15, 0.2) is 24.3 Å². The van der Waals surface area contributed by atoms with Gasteiger partial charge < -0.3 is 10.2 Å². The van der Waals surface area contributed by atoms with Crippen molar-refractivity contribution in [2.45, 2.75) is 25.3 Å². The summed E-state index contributed by atoms with van der Waals surface area (Å²) in [6.07, 6.45) is 2.58. The van der Waals surface area contributed by atoms with Crippen LogP contribution in [0.3, 0.4) is 0 Å². The minimum atomic E-state index is -0.426. The molecule has 0 spiro atoms. The number of carbonyl (C=O) groups is 1. The van der Waals surface area contributed by atoms with Crippen molar-refractivity contribution in [3.8, 4) is 0 Å². The summed E-state index contributed by atoms with van der Waals surface area (Å²) in [7, 11) is 0. The maximum Gasteiger partial charge on any atom is 0.269 e. The second-order valence-electron chi connectivity index (χ2n) is 5.82. The number of amides is 1. The molecule has 2 unspecified atom stereocenters. The summed E-state index contributed by atoms with van der Waals surface area (Å²) in [6.45, 7) is 2.72. The molecule has 2 fully saturated rings. The first-order chi connectivity index (χ1) is 10.1. The summed E-state index contributed by atoms with van der Waals surface area (Å²) < 4.78 is 0. The number of carbonyl (C=O) groups excluding carboxylic acids is 1. The second-order valence-corrected chi connectivity index (χ2v) is 5.82. The summed E-state index contributed by atoms with van der Waals surface area (Å²) in [6, 6.07) is 6.58. The molecule has 1 amide bonds. The Hall–Kier alpha value is -1.95. The van der Waals surface area contributed by atoms with Gasteiger partial charge in [0.2, 0.25) is 5.91 Å². The third-order valence-corrected chi connectivity index (χ3v) is 4.50. The van der Waals surface area contributed by atoms with Crippen LogP contribution < -0.4 is 5.32 Å². The zero-order valence-corrected chi connectivity index (χ0v) is 11.8. The van der Waals surface area contributed by atoms with Crippen molar-refractivity contribution in [3.63, 3.8) is 0 Å². The summed E-state index contributed by atoms with van der Waals surface area (Å²) in [5.74, 6) is 0.710. The third-order valence-electron chi connectivity index (χ3n) is 4.50. The first-order valence-electron chi connectivity index (χ1n) is 7.38. The largest absolute Gasteiger partial charge is 0.338 e. The van der Waals surface area contributed by atoms with Crippen LogP contribution in [0.5, 0.6) is 0 Å². The molecule has 6 heteroatoms. The van der Waals surface area contributed by atoms with Gasteiger partial charge in [-0.15, -0.1) is 0 Å². The van der Waals surface area contributed by atoms with Gasteiger partial charge in [0.25, 0.3) is 5.69 Å². The Bertz CT molecular complexity index is 544. The highest BCUT2D eigenvalue weighted by molar-refractivity contribution is 5.79. The van der Waals surface area contributed by atoms with Crippen molar-refractivity contribution < 1.29 is 9.72 Å². The Morgan fingerprint density at radius 2 is 2.10 bits per heavy atom. The standard InChI is InChI=1S/C15H19N3O3/c19-15(8-11-3-5-13(6-4-11)18(20)21)17-7-1-2-12-9-16-10-14(12)17/h3-6,12,14,16H,1-2,7-10H2. The molecule has 2 atom stereocenters. The number of fused-ring (bicyclic) bond motifs is 1. The van der Waals surface area contributed by atoms with Crippen LogP contribution in [-0.4, -0.2) is 41.4 Å². The number of non-ortho nitro benzene ring substituents is 1. The van der Waals surface area contributed by atoms with Crippen LogP contribution in [0.4, 0.5) is 5.69 Å². The minimum absolute atomic E-state index is 0.0595. The Morgan fingerprint density at radius 3 is 2.81 bits per heavy atom. The number of nitrogens with one attached hydrogen (secondary N) is 1. The Morgan fingerprint density at radius 1 is 1.33 bits per heavy atom. The second kappa shape index (κ2) is 5.81. The molecule has 1 N–H and O–H groups in total. The van der Waals surface area contributed by atoms with Gasteiger partial charge in [-0.25, -0.2) is 0 Å². The molecule has 0 bridgehead atoms. The lowest BCUT2D eigenvalue weighted by Gasteiger charge is -2.37. The summed E-state index contributed by atoms with van der Waals surface area (Å²) >= 11 is 0. The van der Waals surface area contributed by atoms with E-state index >= 15 is 0 Å². The number of nitrogens with zero attached hydrogens (tertiary/aromatic N) is 2. The van der Waals surface area contributed by atoms with E-state index in [9.17, 15) is 14.9 Å². The van der Waals surface area contributed by atoms with Crippen LogP contribution in [0.25, 0.3) is 0 Å². The lowest BCUT2D eigenvalue weighted by atomic mass is 9.91. The van der Waals surface area contributed by atoms with Crippen molar-refractivity contribution in [2.75, 3.05) is 19.6 Å². The average molecular weight is 289 g/mol. The smallest absolute Gasteiger partial charge is 0.269 e. The number of rotatable bonds is 3. The number of benzene rings is 1. The molecule has 2 aliphatic rings. The van der Waals surface area contributed by atoms with Gasteiger partial charge in [-0.3, -0.25) is 14.9 Å². The van der Waals surface area contributed by atoms with Crippen molar-refractivity contribution in [1.29, 1.82) is 0 Å². The summed E-state index contributed by atoms with van der Waals surface area (Å²) in [5, 5.41) is 14.0. The molecule has 21 heavy (non-hydrogen) atoms. The zero-order valence-electron chi connectivity index (χ0n) is 11.8. The number of piperidine rings is 1. The van der Waals surface area contributed by atoms with Gasteiger partial charge in [0.15, 0.2) is 0 Å². The van der Waals surface area contributed by atoms with Crippen molar-refractivity contribution >= 4 is 11.6 Å². The molecule has 3 rings (SSSR count). The van der Waals surface area contributed by atoms with Gasteiger partial charge in [-0.1, -0.05) is 12.1 Å². The van der Waals surface area contributed by atoms with E-state index < -0.39 is 4.92 Å². The quantitative estimate of drug-likeness (QED) is 0.673. The first kappa shape index (κ1) is 14.0. The molecule has 0 aliphatic carbocycles. The zero-order chi connectivity index (χ0) is 14.8. The highest BCUT2D eigenvalue weighted by Crippen LogP contribution is 2.27. The predicted octanol–water partition coefficient (Wildman–Crippen LogP) is 1.35. The van der Waals surface area contributed by atoms with Gasteiger partial charge in [0, 0.05) is 37.8 Å². The number of hydrogen-bond acceptors (Lipinski definition) is 4. The topological polar surface area (TPSA) is 75.5 Å². The fourth-order valence-electron chi connectivity index (χ4n) is 3.39. The van der Waals surface area contributed by atoms with Gasteiger partial charge in [0.05, 0.1) is 11.3 Å². The molecule has 112 valence electrons. The first-order valence-corrected chi connectivity index (χ1v) is 7.38. The van der Waals surface area contributed by atoms with Crippen LogP contribution in [-0.2, 0) is 11.2 Å². The van der Waals surface area contributed by atoms with E-state index in [1.165, 1.54) is 18.6 Å². The lowest BCUT2D eigenvalue weighted by Crippen LogP contribution is -2.48. The van der Waals surface area contributed by atoms with E-state index in [0.29, 0.717) is 18.4 Å².